The zero-order valence-electron chi connectivity index (χ0n) is 8.39. The van der Waals surface area contributed by atoms with Crippen LogP contribution in [0.1, 0.15) is 24.3 Å². The summed E-state index contributed by atoms with van der Waals surface area (Å²) in [7, 11) is 0. The predicted octanol–water partition coefficient (Wildman–Crippen LogP) is 3.46. The molecule has 0 bridgehead atoms. The molecule has 0 aromatic heterocycles. The van der Waals surface area contributed by atoms with Crippen LogP contribution in [0.3, 0.4) is 0 Å². The quantitative estimate of drug-likeness (QED) is 0.795. The summed E-state index contributed by atoms with van der Waals surface area (Å²) in [6.07, 6.45) is 2.58. The summed E-state index contributed by atoms with van der Waals surface area (Å²) < 4.78 is 0. The van der Waals surface area contributed by atoms with Crippen LogP contribution in [0, 0.1) is 5.41 Å². The van der Waals surface area contributed by atoms with Crippen LogP contribution >= 0.6 is 23.2 Å². The molecule has 1 aliphatic carbocycles. The van der Waals surface area contributed by atoms with Crippen molar-refractivity contribution in [3.63, 3.8) is 0 Å². The van der Waals surface area contributed by atoms with Crippen LogP contribution in [0.5, 0.6) is 0 Å². The minimum absolute atomic E-state index is 0.522. The summed E-state index contributed by atoms with van der Waals surface area (Å²) >= 11 is 12.0. The smallest absolute Gasteiger partial charge is 0.0423 e. The molecule has 1 aromatic rings. The molecule has 1 spiro atoms. The molecule has 1 saturated heterocycles. The third-order valence-corrected chi connectivity index (χ3v) is 4.19. The second-order valence-corrected chi connectivity index (χ2v) is 5.62. The molecule has 2 fully saturated rings. The van der Waals surface area contributed by atoms with E-state index in [1.54, 1.807) is 6.07 Å². The van der Waals surface area contributed by atoms with Crippen LogP contribution in [0.4, 0.5) is 0 Å². The second-order valence-electron chi connectivity index (χ2n) is 4.75. The van der Waals surface area contributed by atoms with Crippen LogP contribution < -0.4 is 5.32 Å². The van der Waals surface area contributed by atoms with Crippen LogP contribution in [-0.2, 0) is 0 Å². The molecule has 0 amide bonds. The molecule has 1 N–H and O–H groups in total. The normalized spacial score (nSPS) is 33.6. The first-order chi connectivity index (χ1) is 7.20. The number of hydrogen-bond acceptors (Lipinski definition) is 1. The van der Waals surface area contributed by atoms with Gasteiger partial charge in [-0.05, 0) is 54.5 Å². The average Bonchev–Trinajstić information content (AvgIpc) is 2.63. The van der Waals surface area contributed by atoms with Gasteiger partial charge in [-0.1, -0.05) is 23.2 Å². The Hall–Kier alpha value is -0.240. The molecule has 2 atom stereocenters. The highest BCUT2D eigenvalue weighted by atomic mass is 35.5. The van der Waals surface area contributed by atoms with Gasteiger partial charge in [0, 0.05) is 16.6 Å². The Labute approximate surface area is 99.8 Å². The van der Waals surface area contributed by atoms with Crippen molar-refractivity contribution in [3.05, 3.63) is 33.8 Å². The lowest BCUT2D eigenvalue weighted by atomic mass is 9.98. The second kappa shape index (κ2) is 3.38. The largest absolute Gasteiger partial charge is 0.316 e. The summed E-state index contributed by atoms with van der Waals surface area (Å²) in [5, 5.41) is 4.95. The molecule has 1 nitrogen and oxygen atoms in total. The van der Waals surface area contributed by atoms with E-state index in [0.29, 0.717) is 11.3 Å². The summed E-state index contributed by atoms with van der Waals surface area (Å²) in [6.45, 7) is 2.31. The van der Waals surface area contributed by atoms with Gasteiger partial charge in [-0.3, -0.25) is 0 Å². The molecule has 2 aliphatic rings. The van der Waals surface area contributed by atoms with Gasteiger partial charge in [0.1, 0.15) is 0 Å². The van der Waals surface area contributed by atoms with Crippen LogP contribution in [0.2, 0.25) is 10.0 Å². The van der Waals surface area contributed by atoms with Crippen molar-refractivity contribution in [2.24, 2.45) is 5.41 Å². The van der Waals surface area contributed by atoms with Crippen LogP contribution in [0.25, 0.3) is 0 Å². The molecule has 0 radical (unpaired) electrons. The number of nitrogens with one attached hydrogen (secondary N) is 1. The van der Waals surface area contributed by atoms with Crippen LogP contribution in [0.15, 0.2) is 18.2 Å². The lowest BCUT2D eigenvalue weighted by Gasteiger charge is -2.08. The number of halogens is 2. The van der Waals surface area contributed by atoms with Crippen molar-refractivity contribution in [2.75, 3.05) is 13.1 Å². The van der Waals surface area contributed by atoms with Gasteiger partial charge >= 0.3 is 0 Å². The van der Waals surface area contributed by atoms with Crippen LogP contribution in [-0.4, -0.2) is 13.1 Å². The fourth-order valence-corrected chi connectivity index (χ4v) is 3.37. The molecule has 3 rings (SSSR count). The highest BCUT2D eigenvalue weighted by molar-refractivity contribution is 6.34. The Morgan fingerprint density at radius 1 is 1.20 bits per heavy atom. The van der Waals surface area contributed by atoms with Crippen molar-refractivity contribution in [1.82, 2.24) is 5.32 Å². The van der Waals surface area contributed by atoms with E-state index in [2.05, 4.69) is 17.4 Å². The Balaban J connectivity index is 1.89. The van der Waals surface area contributed by atoms with E-state index in [1.165, 1.54) is 18.4 Å². The molecule has 80 valence electrons. The first-order valence-corrected chi connectivity index (χ1v) is 6.12. The van der Waals surface area contributed by atoms with Gasteiger partial charge in [0.25, 0.3) is 0 Å². The Morgan fingerprint density at radius 3 is 2.53 bits per heavy atom. The van der Waals surface area contributed by atoms with Gasteiger partial charge in [-0.15, -0.1) is 0 Å². The Morgan fingerprint density at radius 2 is 1.93 bits per heavy atom. The van der Waals surface area contributed by atoms with Gasteiger partial charge in [0.2, 0.25) is 0 Å². The fraction of sp³-hybridized carbons (Fsp3) is 0.500. The molecule has 3 heteroatoms. The predicted molar refractivity (Wildman–Crippen MR) is 63.7 cm³/mol. The first-order valence-electron chi connectivity index (χ1n) is 5.36. The van der Waals surface area contributed by atoms with Gasteiger partial charge in [-0.25, -0.2) is 0 Å². The zero-order chi connectivity index (χ0) is 10.5. The summed E-state index contributed by atoms with van der Waals surface area (Å²) in [5.41, 5.74) is 1.84. The van der Waals surface area contributed by atoms with E-state index in [-0.39, 0.29) is 0 Å². The number of rotatable bonds is 1. The van der Waals surface area contributed by atoms with Crippen molar-refractivity contribution in [3.8, 4) is 0 Å². The third kappa shape index (κ3) is 1.67. The molecular weight excluding hydrogens is 229 g/mol. The standard InChI is InChI=1S/C12H13Cl2N/c13-9-3-8(4-10(14)5-9)11-6-12(11)1-2-15-7-12/h3-5,11,15H,1-2,6-7H2. The van der Waals surface area contributed by atoms with E-state index in [1.807, 2.05) is 0 Å². The maximum absolute atomic E-state index is 6.02. The fourth-order valence-electron chi connectivity index (χ4n) is 2.83. The highest BCUT2D eigenvalue weighted by Crippen LogP contribution is 2.62. The van der Waals surface area contributed by atoms with Crippen molar-refractivity contribution in [2.45, 2.75) is 18.8 Å². The van der Waals surface area contributed by atoms with Gasteiger partial charge in [0.05, 0.1) is 0 Å². The van der Waals surface area contributed by atoms with E-state index in [0.717, 1.165) is 23.1 Å². The maximum Gasteiger partial charge on any atom is 0.0423 e. The topological polar surface area (TPSA) is 12.0 Å². The third-order valence-electron chi connectivity index (χ3n) is 3.75. The molecule has 1 saturated carbocycles. The summed E-state index contributed by atoms with van der Waals surface area (Å²) in [5.74, 6) is 0.670. The molecule has 1 heterocycles. The minimum atomic E-state index is 0.522. The van der Waals surface area contributed by atoms with Gasteiger partial charge in [-0.2, -0.15) is 0 Å². The summed E-state index contributed by atoms with van der Waals surface area (Å²) in [4.78, 5) is 0. The Kier molecular flexibility index (Phi) is 2.24. The van der Waals surface area contributed by atoms with E-state index < -0.39 is 0 Å². The molecule has 2 unspecified atom stereocenters. The van der Waals surface area contributed by atoms with E-state index in [9.17, 15) is 0 Å². The van der Waals surface area contributed by atoms with Crippen molar-refractivity contribution < 1.29 is 0 Å². The van der Waals surface area contributed by atoms with Gasteiger partial charge in [0.15, 0.2) is 0 Å². The number of hydrogen-bond donors (Lipinski definition) is 1. The SMILES string of the molecule is Clc1cc(Cl)cc(C2CC23CCNC3)c1. The molecular formula is C12H13Cl2N. The van der Waals surface area contributed by atoms with Crippen molar-refractivity contribution in [1.29, 1.82) is 0 Å². The monoisotopic (exact) mass is 241 g/mol. The molecule has 1 aromatic carbocycles. The lowest BCUT2D eigenvalue weighted by molar-refractivity contribution is 0.549. The number of benzene rings is 1. The summed E-state index contributed by atoms with van der Waals surface area (Å²) in [6, 6.07) is 5.92. The van der Waals surface area contributed by atoms with Crippen molar-refractivity contribution >= 4 is 23.2 Å². The lowest BCUT2D eigenvalue weighted by Crippen LogP contribution is -2.10. The molecule has 1 aliphatic heterocycles. The molecule has 15 heavy (non-hydrogen) atoms. The van der Waals surface area contributed by atoms with E-state index >= 15 is 0 Å². The van der Waals surface area contributed by atoms with Gasteiger partial charge < -0.3 is 5.32 Å². The average molecular weight is 242 g/mol. The first kappa shape index (κ1) is 9.95. The Bertz CT molecular complexity index is 376. The van der Waals surface area contributed by atoms with E-state index in [4.69, 9.17) is 23.2 Å². The zero-order valence-corrected chi connectivity index (χ0v) is 9.91. The highest BCUT2D eigenvalue weighted by Gasteiger charge is 2.55. The maximum atomic E-state index is 6.02. The minimum Gasteiger partial charge on any atom is -0.316 e.